The summed E-state index contributed by atoms with van der Waals surface area (Å²) in [7, 11) is -3.25. The van der Waals surface area contributed by atoms with Crippen LogP contribution in [0.25, 0.3) is 0 Å². The summed E-state index contributed by atoms with van der Waals surface area (Å²) in [5, 5.41) is 6.24. The Balaban J connectivity index is 1.95. The van der Waals surface area contributed by atoms with Crippen molar-refractivity contribution in [2.24, 2.45) is 5.10 Å². The molecule has 2 aromatic rings. The van der Waals surface area contributed by atoms with Crippen LogP contribution >= 0.6 is 11.8 Å². The number of hydrazone groups is 1. The molecule has 0 aliphatic carbocycles. The van der Waals surface area contributed by atoms with Crippen LogP contribution in [0.3, 0.4) is 0 Å². The maximum absolute atomic E-state index is 11.7. The number of hydrogen-bond acceptors (Lipinski definition) is 7. The Kier molecular flexibility index (Phi) is 6.10. The molecular weight excluding hydrogens is 394 g/mol. The van der Waals surface area contributed by atoms with Crippen LogP contribution in [0, 0.1) is 0 Å². The van der Waals surface area contributed by atoms with Gasteiger partial charge in [-0.15, -0.1) is 11.8 Å². The van der Waals surface area contributed by atoms with Gasteiger partial charge >= 0.3 is 0 Å². The molecule has 2 aromatic carbocycles. The van der Waals surface area contributed by atoms with Gasteiger partial charge in [-0.3, -0.25) is 5.01 Å². The average Bonchev–Trinajstić information content (AvgIpc) is 2.69. The zero-order valence-corrected chi connectivity index (χ0v) is 17.4. The second-order valence-corrected chi connectivity index (χ2v) is 10.0. The molecule has 0 radical (unpaired) electrons. The van der Waals surface area contributed by atoms with Crippen molar-refractivity contribution < 1.29 is 13.2 Å². The van der Waals surface area contributed by atoms with Gasteiger partial charge in [-0.2, -0.15) is 5.10 Å². The second-order valence-electron chi connectivity index (χ2n) is 6.68. The summed E-state index contributed by atoms with van der Waals surface area (Å²) in [6.07, 6.45) is 2.92. The fourth-order valence-electron chi connectivity index (χ4n) is 3.01. The highest BCUT2D eigenvalue weighted by Gasteiger charge is 2.31. The lowest BCUT2D eigenvalue weighted by molar-refractivity contribution is -0.110. The fraction of sp³-hybridized carbons (Fsp3) is 0.300. The normalized spacial score (nSPS) is 19.9. The van der Waals surface area contributed by atoms with Crippen LogP contribution in [0.5, 0.6) is 0 Å². The summed E-state index contributed by atoms with van der Waals surface area (Å²) in [6, 6.07) is 14.2. The molecule has 28 heavy (non-hydrogen) atoms. The summed E-state index contributed by atoms with van der Waals surface area (Å²) >= 11 is 1.56. The molecule has 0 saturated heterocycles. The summed E-state index contributed by atoms with van der Waals surface area (Å²) in [4.78, 5) is 11.9. The molecule has 3 rings (SSSR count). The molecule has 0 aromatic heterocycles. The molecule has 0 fully saturated rings. The van der Waals surface area contributed by atoms with E-state index in [0.717, 1.165) is 29.5 Å². The largest absolute Gasteiger partial charge is 0.399 e. The van der Waals surface area contributed by atoms with Crippen LogP contribution in [0.2, 0.25) is 0 Å². The molecule has 1 heterocycles. The zero-order chi connectivity index (χ0) is 20.3. The monoisotopic (exact) mass is 417 g/mol. The Hall–Kier alpha value is -2.32. The third kappa shape index (κ3) is 4.56. The number of nitrogen functional groups attached to an aromatic ring is 1. The summed E-state index contributed by atoms with van der Waals surface area (Å²) < 4.78 is 23.4. The molecule has 6 nitrogen and oxygen atoms in total. The van der Waals surface area contributed by atoms with Crippen LogP contribution in [-0.2, 0) is 21.2 Å². The zero-order valence-electron chi connectivity index (χ0n) is 15.8. The molecule has 148 valence electrons. The molecule has 0 saturated carbocycles. The number of benzene rings is 2. The molecule has 8 heteroatoms. The average molecular weight is 418 g/mol. The molecular formula is C20H23N3O3S2. The highest BCUT2D eigenvalue weighted by molar-refractivity contribution is 8.01. The van der Waals surface area contributed by atoms with E-state index in [1.807, 2.05) is 24.3 Å². The third-order valence-corrected chi connectivity index (χ3v) is 7.18. The Morgan fingerprint density at radius 3 is 2.32 bits per heavy atom. The first-order chi connectivity index (χ1) is 13.3. The topological polar surface area (TPSA) is 92.8 Å². The number of hydrogen-bond donors (Lipinski definition) is 1. The van der Waals surface area contributed by atoms with Crippen LogP contribution in [0.15, 0.2) is 58.5 Å². The van der Waals surface area contributed by atoms with Crippen LogP contribution in [0.4, 0.5) is 5.69 Å². The van der Waals surface area contributed by atoms with E-state index in [1.54, 1.807) is 41.0 Å². The molecule has 0 amide bonds. The maximum atomic E-state index is 11.7. The van der Waals surface area contributed by atoms with Gasteiger partial charge in [-0.05, 0) is 41.8 Å². The Bertz CT molecular complexity index is 971. The minimum Gasteiger partial charge on any atom is -0.399 e. The van der Waals surface area contributed by atoms with E-state index >= 15 is 0 Å². The van der Waals surface area contributed by atoms with Gasteiger partial charge in [0.25, 0.3) is 0 Å². The van der Waals surface area contributed by atoms with Crippen LogP contribution < -0.4 is 5.73 Å². The number of carbonyl (C=O) groups is 1. The Morgan fingerprint density at radius 2 is 1.79 bits per heavy atom. The predicted molar refractivity (Wildman–Crippen MR) is 114 cm³/mol. The molecule has 0 spiro atoms. The highest BCUT2D eigenvalue weighted by Crippen LogP contribution is 2.32. The van der Waals surface area contributed by atoms with Gasteiger partial charge in [0.1, 0.15) is 5.37 Å². The third-order valence-electron chi connectivity index (χ3n) is 4.53. The van der Waals surface area contributed by atoms with E-state index in [4.69, 9.17) is 10.8 Å². The van der Waals surface area contributed by atoms with Crippen molar-refractivity contribution in [3.05, 3.63) is 59.7 Å². The number of rotatable bonds is 6. The van der Waals surface area contributed by atoms with Crippen molar-refractivity contribution >= 4 is 39.3 Å². The van der Waals surface area contributed by atoms with E-state index < -0.39 is 9.84 Å². The first kappa shape index (κ1) is 20.4. The Morgan fingerprint density at radius 1 is 1.14 bits per heavy atom. The molecule has 1 aliphatic heterocycles. The first-order valence-electron chi connectivity index (χ1n) is 8.92. The van der Waals surface area contributed by atoms with E-state index in [0.29, 0.717) is 12.2 Å². The summed E-state index contributed by atoms with van der Waals surface area (Å²) in [5.74, 6) is 0. The molecule has 2 N–H and O–H groups in total. The van der Waals surface area contributed by atoms with Crippen molar-refractivity contribution in [1.29, 1.82) is 0 Å². The lowest BCUT2D eigenvalue weighted by Crippen LogP contribution is -2.39. The van der Waals surface area contributed by atoms with Gasteiger partial charge < -0.3 is 10.5 Å². The lowest BCUT2D eigenvalue weighted by atomic mass is 10.1. The predicted octanol–water partition coefficient (Wildman–Crippen LogP) is 2.93. The minimum atomic E-state index is -3.25. The molecule has 2 unspecified atom stereocenters. The smallest absolute Gasteiger partial charge is 0.175 e. The van der Waals surface area contributed by atoms with E-state index in [1.165, 1.54) is 6.26 Å². The Labute approximate surface area is 169 Å². The van der Waals surface area contributed by atoms with Crippen LogP contribution in [0.1, 0.15) is 24.5 Å². The SMILES string of the molecule is CCC1SC(C=O)N(Cc2ccc(N)cc2)N=C1c1ccc(S(C)(=O)=O)cc1. The van der Waals surface area contributed by atoms with E-state index in [-0.39, 0.29) is 15.5 Å². The fourth-order valence-corrected chi connectivity index (χ4v) is 4.80. The molecule has 2 atom stereocenters. The maximum Gasteiger partial charge on any atom is 0.175 e. The molecule has 0 bridgehead atoms. The van der Waals surface area contributed by atoms with Gasteiger partial charge in [0.2, 0.25) is 0 Å². The van der Waals surface area contributed by atoms with Gasteiger partial charge in [-0.25, -0.2) is 8.42 Å². The van der Waals surface area contributed by atoms with Gasteiger partial charge in [0.15, 0.2) is 16.1 Å². The summed E-state index contributed by atoms with van der Waals surface area (Å²) in [6.45, 7) is 2.54. The number of sulfone groups is 1. The highest BCUT2D eigenvalue weighted by atomic mass is 32.2. The molecule has 1 aliphatic rings. The van der Waals surface area contributed by atoms with Gasteiger partial charge in [0.05, 0.1) is 22.4 Å². The van der Waals surface area contributed by atoms with Crippen molar-refractivity contribution in [3.63, 3.8) is 0 Å². The number of carbonyl (C=O) groups excluding carboxylic acids is 1. The first-order valence-corrected chi connectivity index (χ1v) is 11.8. The number of nitrogens with two attached hydrogens (primary N) is 1. The number of anilines is 1. The van der Waals surface area contributed by atoms with Gasteiger partial charge in [0, 0.05) is 11.9 Å². The van der Waals surface area contributed by atoms with Crippen molar-refractivity contribution in [2.75, 3.05) is 12.0 Å². The quantitative estimate of drug-likeness (QED) is 0.574. The second kappa shape index (κ2) is 8.36. The van der Waals surface area contributed by atoms with Crippen molar-refractivity contribution in [2.45, 2.75) is 35.4 Å². The van der Waals surface area contributed by atoms with Crippen LogP contribution in [-0.4, -0.2) is 42.3 Å². The number of thioether (sulfide) groups is 1. The minimum absolute atomic E-state index is 0.0574. The number of nitrogens with zero attached hydrogens (tertiary/aromatic N) is 2. The van der Waals surface area contributed by atoms with Crippen molar-refractivity contribution in [3.8, 4) is 0 Å². The summed E-state index contributed by atoms with van der Waals surface area (Å²) in [5.41, 5.74) is 9.15. The van der Waals surface area contributed by atoms with Gasteiger partial charge in [-0.1, -0.05) is 31.2 Å². The number of aldehydes is 1. The van der Waals surface area contributed by atoms with E-state index in [2.05, 4.69) is 6.92 Å². The van der Waals surface area contributed by atoms with E-state index in [9.17, 15) is 13.2 Å². The standard InChI is InChI=1S/C20H23N3O3S2/c1-3-18-20(15-6-10-17(11-7-15)28(2,25)26)22-23(19(13-24)27-18)12-14-4-8-16(21)9-5-14/h4-11,13,18-19H,3,12,21H2,1-2H3. The lowest BCUT2D eigenvalue weighted by Gasteiger charge is -2.34. The van der Waals surface area contributed by atoms with Crippen molar-refractivity contribution in [1.82, 2.24) is 5.01 Å².